The summed E-state index contributed by atoms with van der Waals surface area (Å²) in [5.41, 5.74) is 0.875. The Balaban J connectivity index is 1.35. The van der Waals surface area contributed by atoms with E-state index in [-0.39, 0.29) is 29.2 Å². The predicted molar refractivity (Wildman–Crippen MR) is 122 cm³/mol. The van der Waals surface area contributed by atoms with Gasteiger partial charge in [0.1, 0.15) is 17.6 Å². The van der Waals surface area contributed by atoms with Crippen LogP contribution < -0.4 is 15.4 Å². The maximum absolute atomic E-state index is 13.8. The number of nitrogens with zero attached hydrogens (tertiary/aromatic N) is 6. The largest absolute Gasteiger partial charge is 0.481 e. The normalized spacial score (nSPS) is 17.0. The highest BCUT2D eigenvalue weighted by Crippen LogP contribution is 2.50. The molecule has 0 radical (unpaired) electrons. The highest BCUT2D eigenvalue weighted by Gasteiger charge is 2.48. The summed E-state index contributed by atoms with van der Waals surface area (Å²) in [4.78, 5) is 30.3. The van der Waals surface area contributed by atoms with E-state index in [1.165, 1.54) is 17.9 Å². The number of pyridine rings is 1. The quantitative estimate of drug-likeness (QED) is 0.429. The SMILES string of the molecule is COc1ncc(F)cc1C(C)n1cc(NC(=O)[C@@H](NC(=O)c2nonc2C)C(C2CC2)C2CC2)nn1. The van der Waals surface area contributed by atoms with E-state index in [9.17, 15) is 14.0 Å². The van der Waals surface area contributed by atoms with Crippen LogP contribution in [0.4, 0.5) is 10.2 Å². The number of hydrogen-bond acceptors (Lipinski definition) is 9. The highest BCUT2D eigenvalue weighted by atomic mass is 19.1. The van der Waals surface area contributed by atoms with Crippen LogP contribution in [-0.2, 0) is 4.79 Å². The van der Waals surface area contributed by atoms with Gasteiger partial charge in [-0.25, -0.2) is 18.7 Å². The van der Waals surface area contributed by atoms with E-state index in [0.717, 1.165) is 31.9 Å². The minimum absolute atomic E-state index is 0.0192. The summed E-state index contributed by atoms with van der Waals surface area (Å²) in [7, 11) is 1.45. The lowest BCUT2D eigenvalue weighted by Crippen LogP contribution is -2.50. The third kappa shape index (κ3) is 4.90. The molecule has 3 aromatic heterocycles. The molecule has 2 saturated carbocycles. The molecule has 3 heterocycles. The van der Waals surface area contributed by atoms with Crippen LogP contribution >= 0.6 is 0 Å². The lowest BCUT2D eigenvalue weighted by molar-refractivity contribution is -0.119. The summed E-state index contributed by atoms with van der Waals surface area (Å²) >= 11 is 0. The topological polar surface area (TPSA) is 150 Å². The van der Waals surface area contributed by atoms with Crippen molar-refractivity contribution in [3.63, 3.8) is 0 Å². The Bertz CT molecular complexity index is 1260. The summed E-state index contributed by atoms with van der Waals surface area (Å²) in [6, 6.07) is 0.0762. The van der Waals surface area contributed by atoms with Gasteiger partial charge in [-0.3, -0.25) is 9.59 Å². The Morgan fingerprint density at radius 3 is 2.56 bits per heavy atom. The molecule has 2 N–H and O–H groups in total. The molecule has 2 fully saturated rings. The Morgan fingerprint density at radius 1 is 1.22 bits per heavy atom. The standard InChI is InChI=1S/C23H27FN8O4/c1-11-19(30-36-29-11)21(33)27-20(18(13-4-5-13)14-6-7-14)22(34)26-17-10-32(31-28-17)12(2)16-8-15(24)9-25-23(16)35-3/h8-10,12-14,18,20H,4-7H2,1-3H3,(H,26,34)(H,27,33)/t12?,20-/m0/s1. The van der Waals surface area contributed by atoms with Gasteiger partial charge in [-0.05, 0) is 68.5 Å². The second-order valence-electron chi connectivity index (χ2n) is 9.40. The highest BCUT2D eigenvalue weighted by molar-refractivity contribution is 6.00. The number of ether oxygens (including phenoxy) is 1. The molecule has 36 heavy (non-hydrogen) atoms. The maximum atomic E-state index is 13.8. The van der Waals surface area contributed by atoms with Crippen LogP contribution in [0.2, 0.25) is 0 Å². The number of methoxy groups -OCH3 is 1. The fourth-order valence-electron chi connectivity index (χ4n) is 4.66. The van der Waals surface area contributed by atoms with E-state index in [4.69, 9.17) is 4.74 Å². The van der Waals surface area contributed by atoms with Crippen molar-refractivity contribution in [3.05, 3.63) is 41.2 Å². The number of nitrogens with one attached hydrogen (secondary N) is 2. The Kier molecular flexibility index (Phi) is 6.37. The monoisotopic (exact) mass is 498 g/mol. The summed E-state index contributed by atoms with van der Waals surface area (Å²) in [5, 5.41) is 21.1. The first-order valence-electron chi connectivity index (χ1n) is 11.9. The summed E-state index contributed by atoms with van der Waals surface area (Å²) in [6.45, 7) is 3.40. The zero-order chi connectivity index (χ0) is 25.4. The van der Waals surface area contributed by atoms with Gasteiger partial charge in [0.2, 0.25) is 11.8 Å². The number of anilines is 1. The van der Waals surface area contributed by atoms with E-state index >= 15 is 0 Å². The van der Waals surface area contributed by atoms with Crippen LogP contribution in [0, 0.1) is 30.5 Å². The molecule has 2 aliphatic carbocycles. The van der Waals surface area contributed by atoms with Gasteiger partial charge >= 0.3 is 0 Å². The van der Waals surface area contributed by atoms with Crippen molar-refractivity contribution in [1.82, 2.24) is 35.6 Å². The molecule has 3 aromatic rings. The van der Waals surface area contributed by atoms with Crippen molar-refractivity contribution in [3.8, 4) is 5.88 Å². The van der Waals surface area contributed by atoms with Gasteiger partial charge in [0.25, 0.3) is 5.91 Å². The lowest BCUT2D eigenvalue weighted by atomic mass is 9.88. The van der Waals surface area contributed by atoms with Crippen molar-refractivity contribution >= 4 is 17.6 Å². The zero-order valence-corrected chi connectivity index (χ0v) is 20.1. The fraction of sp³-hybridized carbons (Fsp3) is 0.522. The van der Waals surface area contributed by atoms with E-state index in [2.05, 4.69) is 40.9 Å². The first-order valence-corrected chi connectivity index (χ1v) is 11.9. The van der Waals surface area contributed by atoms with E-state index in [1.54, 1.807) is 20.0 Å². The van der Waals surface area contributed by atoms with Gasteiger partial charge in [0, 0.05) is 5.56 Å². The number of rotatable bonds is 10. The second kappa shape index (κ2) is 9.63. The molecule has 0 aliphatic heterocycles. The number of hydrogen-bond donors (Lipinski definition) is 2. The number of carbonyl (C=O) groups is 2. The number of aryl methyl sites for hydroxylation is 1. The van der Waals surface area contributed by atoms with Crippen LogP contribution in [0.5, 0.6) is 5.88 Å². The molecular formula is C23H27FN8O4. The number of aromatic nitrogens is 6. The van der Waals surface area contributed by atoms with Crippen molar-refractivity contribution in [1.29, 1.82) is 0 Å². The Morgan fingerprint density at radius 2 is 1.94 bits per heavy atom. The molecule has 1 unspecified atom stereocenters. The summed E-state index contributed by atoms with van der Waals surface area (Å²) in [5.74, 6) is -0.142. The minimum Gasteiger partial charge on any atom is -0.481 e. The molecule has 12 nitrogen and oxygen atoms in total. The van der Waals surface area contributed by atoms with Gasteiger partial charge < -0.3 is 15.4 Å². The van der Waals surface area contributed by atoms with Crippen molar-refractivity contribution < 1.29 is 23.3 Å². The average Bonchev–Trinajstić information content (AvgIpc) is 3.79. The Labute approximate surface area is 205 Å². The van der Waals surface area contributed by atoms with Gasteiger partial charge in [-0.2, -0.15) is 0 Å². The molecule has 190 valence electrons. The molecule has 0 spiro atoms. The van der Waals surface area contributed by atoms with E-state index in [0.29, 0.717) is 23.1 Å². The van der Waals surface area contributed by atoms with Crippen LogP contribution in [0.15, 0.2) is 23.1 Å². The fourth-order valence-corrected chi connectivity index (χ4v) is 4.66. The van der Waals surface area contributed by atoms with E-state index < -0.39 is 23.8 Å². The number of amides is 2. The summed E-state index contributed by atoms with van der Waals surface area (Å²) in [6.07, 6.45) is 6.74. The van der Waals surface area contributed by atoms with Gasteiger partial charge in [-0.1, -0.05) is 10.4 Å². The van der Waals surface area contributed by atoms with Crippen molar-refractivity contribution in [2.24, 2.45) is 17.8 Å². The molecule has 2 amide bonds. The van der Waals surface area contributed by atoms with Crippen molar-refractivity contribution in [2.75, 3.05) is 12.4 Å². The van der Waals surface area contributed by atoms with Crippen LogP contribution in [0.25, 0.3) is 0 Å². The first kappa shape index (κ1) is 23.8. The third-order valence-electron chi connectivity index (χ3n) is 6.80. The minimum atomic E-state index is -0.774. The van der Waals surface area contributed by atoms with Crippen LogP contribution in [-0.4, -0.2) is 55.3 Å². The number of halogens is 1. The molecule has 2 aliphatic rings. The average molecular weight is 499 g/mol. The van der Waals surface area contributed by atoms with Crippen LogP contribution in [0.1, 0.15) is 60.4 Å². The first-order chi connectivity index (χ1) is 17.4. The maximum Gasteiger partial charge on any atom is 0.276 e. The molecule has 0 bridgehead atoms. The molecule has 0 aromatic carbocycles. The lowest BCUT2D eigenvalue weighted by Gasteiger charge is -2.26. The van der Waals surface area contributed by atoms with Crippen LogP contribution in [0.3, 0.4) is 0 Å². The number of carbonyl (C=O) groups excluding carboxylic acids is 2. The molecule has 2 atom stereocenters. The molecule has 0 saturated heterocycles. The second-order valence-corrected chi connectivity index (χ2v) is 9.40. The predicted octanol–water partition coefficient (Wildman–Crippen LogP) is 2.29. The van der Waals surface area contributed by atoms with Gasteiger partial charge in [-0.15, -0.1) is 5.10 Å². The Hall–Kier alpha value is -3.90. The van der Waals surface area contributed by atoms with Gasteiger partial charge in [0.05, 0.1) is 25.5 Å². The summed E-state index contributed by atoms with van der Waals surface area (Å²) < 4.78 is 25.2. The molecule has 13 heteroatoms. The smallest absolute Gasteiger partial charge is 0.276 e. The molecule has 5 rings (SSSR count). The molecular weight excluding hydrogens is 471 g/mol. The zero-order valence-electron chi connectivity index (χ0n) is 20.1. The van der Waals surface area contributed by atoms with Crippen molar-refractivity contribution in [2.45, 2.75) is 51.6 Å². The van der Waals surface area contributed by atoms with E-state index in [1.807, 2.05) is 0 Å². The van der Waals surface area contributed by atoms with Gasteiger partial charge in [0.15, 0.2) is 11.5 Å². The third-order valence-corrected chi connectivity index (χ3v) is 6.80.